The summed E-state index contributed by atoms with van der Waals surface area (Å²) in [6.45, 7) is 0.00126. The normalized spacial score (nSPS) is 12.7. The molecule has 0 spiro atoms. The number of rotatable bonds is 5. The second kappa shape index (κ2) is 6.57. The first-order valence-electron chi connectivity index (χ1n) is 6.94. The zero-order valence-corrected chi connectivity index (χ0v) is 13.6. The summed E-state index contributed by atoms with van der Waals surface area (Å²) in [5.74, 6) is -1.06. The third kappa shape index (κ3) is 3.41. The van der Waals surface area contributed by atoms with Gasteiger partial charge in [-0.15, -0.1) is 4.83 Å². The lowest BCUT2D eigenvalue weighted by molar-refractivity contribution is -0.388. The van der Waals surface area contributed by atoms with Crippen molar-refractivity contribution in [2.24, 2.45) is 0 Å². The van der Waals surface area contributed by atoms with Crippen LogP contribution in [0, 0.1) is 15.9 Å². The summed E-state index contributed by atoms with van der Waals surface area (Å²) in [6, 6.07) is 6.12. The van der Waals surface area contributed by atoms with E-state index in [1.807, 2.05) is 5.43 Å². The van der Waals surface area contributed by atoms with Gasteiger partial charge in [0.1, 0.15) is 5.82 Å². The number of ether oxygens (including phenoxy) is 2. The standard InChI is InChI=1S/C14H10FN3O7S/c15-9-2-4-13(10(6-9)18(20)21)26(22,23)17-16-14(19)8-1-3-11-12(5-8)25-7-24-11/h1-6,17H,7H2,(H,16,19). The smallest absolute Gasteiger partial charge is 0.292 e. The molecule has 1 aliphatic heterocycles. The highest BCUT2D eigenvalue weighted by Gasteiger charge is 2.27. The van der Waals surface area contributed by atoms with E-state index in [4.69, 9.17) is 9.47 Å². The number of hydrazine groups is 1. The molecule has 0 saturated heterocycles. The third-order valence-electron chi connectivity index (χ3n) is 3.34. The molecule has 136 valence electrons. The molecule has 12 heteroatoms. The largest absolute Gasteiger partial charge is 0.454 e. The minimum absolute atomic E-state index is 0.00126. The Kier molecular flexibility index (Phi) is 4.44. The van der Waals surface area contributed by atoms with Gasteiger partial charge in [0.25, 0.3) is 21.6 Å². The van der Waals surface area contributed by atoms with E-state index in [1.54, 1.807) is 4.83 Å². The summed E-state index contributed by atoms with van der Waals surface area (Å²) in [4.78, 5) is 22.9. The Balaban J connectivity index is 1.78. The van der Waals surface area contributed by atoms with Crippen LogP contribution in [0.1, 0.15) is 10.4 Å². The molecule has 0 aromatic heterocycles. The molecule has 0 radical (unpaired) electrons. The van der Waals surface area contributed by atoms with Crippen molar-refractivity contribution >= 4 is 21.6 Å². The van der Waals surface area contributed by atoms with Crippen molar-refractivity contribution in [1.82, 2.24) is 10.3 Å². The molecule has 3 rings (SSSR count). The van der Waals surface area contributed by atoms with Gasteiger partial charge in [0, 0.05) is 5.56 Å². The van der Waals surface area contributed by atoms with Crippen molar-refractivity contribution in [3.63, 3.8) is 0 Å². The van der Waals surface area contributed by atoms with Crippen LogP contribution in [0.25, 0.3) is 0 Å². The Morgan fingerprint density at radius 3 is 2.62 bits per heavy atom. The number of hydrogen-bond donors (Lipinski definition) is 2. The number of nitrogens with zero attached hydrogens (tertiary/aromatic N) is 1. The highest BCUT2D eigenvalue weighted by molar-refractivity contribution is 7.89. The molecule has 0 atom stereocenters. The summed E-state index contributed by atoms with van der Waals surface area (Å²) in [5, 5.41) is 10.9. The first-order chi connectivity index (χ1) is 12.3. The van der Waals surface area contributed by atoms with Gasteiger partial charge in [-0.05, 0) is 30.3 Å². The van der Waals surface area contributed by atoms with E-state index in [0.717, 1.165) is 12.1 Å². The maximum atomic E-state index is 13.1. The average Bonchev–Trinajstić information content (AvgIpc) is 3.07. The molecule has 0 saturated carbocycles. The van der Waals surface area contributed by atoms with Gasteiger partial charge in [0.15, 0.2) is 16.4 Å². The van der Waals surface area contributed by atoms with E-state index >= 15 is 0 Å². The first kappa shape index (κ1) is 17.6. The fourth-order valence-electron chi connectivity index (χ4n) is 2.14. The molecule has 26 heavy (non-hydrogen) atoms. The summed E-state index contributed by atoms with van der Waals surface area (Å²) in [7, 11) is -4.51. The quantitative estimate of drug-likeness (QED) is 0.582. The highest BCUT2D eigenvalue weighted by Crippen LogP contribution is 2.32. The van der Waals surface area contributed by atoms with E-state index in [0.29, 0.717) is 17.6 Å². The number of amides is 1. The molecular weight excluding hydrogens is 373 g/mol. The lowest BCUT2D eigenvalue weighted by Gasteiger charge is -2.09. The van der Waals surface area contributed by atoms with Crippen LogP contribution in [0.4, 0.5) is 10.1 Å². The number of sulfonamides is 1. The molecule has 2 aromatic rings. The van der Waals surface area contributed by atoms with Crippen LogP contribution < -0.4 is 19.7 Å². The molecular formula is C14H10FN3O7S. The Hall–Kier alpha value is -3.25. The summed E-state index contributed by atoms with van der Waals surface area (Å²) in [6.07, 6.45) is 0. The van der Waals surface area contributed by atoms with E-state index in [-0.39, 0.29) is 12.4 Å². The molecule has 2 aromatic carbocycles. The molecule has 0 fully saturated rings. The van der Waals surface area contributed by atoms with Crippen molar-refractivity contribution in [3.05, 3.63) is 57.9 Å². The Labute approximate surface area is 145 Å². The predicted octanol–water partition coefficient (Wildman–Crippen LogP) is 1.09. The highest BCUT2D eigenvalue weighted by atomic mass is 32.2. The predicted molar refractivity (Wildman–Crippen MR) is 83.4 cm³/mol. The van der Waals surface area contributed by atoms with Crippen LogP contribution in [0.2, 0.25) is 0 Å². The van der Waals surface area contributed by atoms with E-state index < -0.39 is 37.3 Å². The van der Waals surface area contributed by atoms with Crippen molar-refractivity contribution in [2.45, 2.75) is 4.90 Å². The molecule has 10 nitrogen and oxygen atoms in total. The zero-order chi connectivity index (χ0) is 18.9. The second-order valence-corrected chi connectivity index (χ2v) is 6.65. The summed E-state index contributed by atoms with van der Waals surface area (Å²) >= 11 is 0. The van der Waals surface area contributed by atoms with Gasteiger partial charge in [-0.3, -0.25) is 20.3 Å². The maximum Gasteiger partial charge on any atom is 0.292 e. The number of benzene rings is 2. The minimum Gasteiger partial charge on any atom is -0.454 e. The Bertz CT molecular complexity index is 1010. The van der Waals surface area contributed by atoms with Crippen LogP contribution in [0.5, 0.6) is 11.5 Å². The fraction of sp³-hybridized carbons (Fsp3) is 0.0714. The third-order valence-corrected chi connectivity index (χ3v) is 4.64. The second-order valence-electron chi connectivity index (χ2n) is 5.00. The molecule has 1 amide bonds. The molecule has 1 aliphatic rings. The number of halogens is 1. The van der Waals surface area contributed by atoms with Gasteiger partial charge in [0.2, 0.25) is 6.79 Å². The van der Waals surface area contributed by atoms with Gasteiger partial charge in [-0.25, -0.2) is 12.8 Å². The summed E-state index contributed by atoms with van der Waals surface area (Å²) in [5.41, 5.74) is 1.02. The number of carbonyl (C=O) groups excluding carboxylic acids is 1. The number of nitrogens with one attached hydrogen (secondary N) is 2. The van der Waals surface area contributed by atoms with Crippen molar-refractivity contribution < 1.29 is 32.0 Å². The zero-order valence-electron chi connectivity index (χ0n) is 12.8. The Morgan fingerprint density at radius 1 is 1.15 bits per heavy atom. The van der Waals surface area contributed by atoms with Crippen molar-refractivity contribution in [3.8, 4) is 11.5 Å². The SMILES string of the molecule is O=C(NNS(=O)(=O)c1ccc(F)cc1[N+](=O)[O-])c1ccc2c(c1)OCO2. The lowest BCUT2D eigenvalue weighted by atomic mass is 10.2. The van der Waals surface area contributed by atoms with Crippen LogP contribution in [-0.2, 0) is 10.0 Å². The van der Waals surface area contributed by atoms with Crippen molar-refractivity contribution in [1.29, 1.82) is 0 Å². The monoisotopic (exact) mass is 383 g/mol. The van der Waals surface area contributed by atoms with Gasteiger partial charge in [0.05, 0.1) is 11.0 Å². The Morgan fingerprint density at radius 2 is 1.88 bits per heavy atom. The van der Waals surface area contributed by atoms with Crippen molar-refractivity contribution in [2.75, 3.05) is 6.79 Å². The lowest BCUT2D eigenvalue weighted by Crippen LogP contribution is -2.41. The average molecular weight is 383 g/mol. The number of carbonyl (C=O) groups is 1. The van der Waals surface area contributed by atoms with Gasteiger partial charge >= 0.3 is 0 Å². The van der Waals surface area contributed by atoms with Crippen LogP contribution in [0.3, 0.4) is 0 Å². The van der Waals surface area contributed by atoms with Gasteiger partial charge in [-0.2, -0.15) is 0 Å². The maximum absolute atomic E-state index is 13.1. The molecule has 1 heterocycles. The minimum atomic E-state index is -4.51. The number of hydrogen-bond acceptors (Lipinski definition) is 7. The molecule has 0 bridgehead atoms. The summed E-state index contributed by atoms with van der Waals surface area (Å²) < 4.78 is 47.7. The number of nitro benzene ring substituents is 1. The number of fused-ring (bicyclic) bond motifs is 1. The molecule has 2 N–H and O–H groups in total. The van der Waals surface area contributed by atoms with Crippen LogP contribution >= 0.6 is 0 Å². The van der Waals surface area contributed by atoms with Gasteiger partial charge < -0.3 is 9.47 Å². The number of nitro groups is 1. The van der Waals surface area contributed by atoms with E-state index in [1.165, 1.54) is 18.2 Å². The fourth-order valence-corrected chi connectivity index (χ4v) is 3.13. The molecule has 0 unspecified atom stereocenters. The first-order valence-corrected chi connectivity index (χ1v) is 8.42. The van der Waals surface area contributed by atoms with E-state index in [9.17, 15) is 27.7 Å². The van der Waals surface area contributed by atoms with Crippen LogP contribution in [0.15, 0.2) is 41.3 Å². The van der Waals surface area contributed by atoms with E-state index in [2.05, 4.69) is 0 Å². The topological polar surface area (TPSA) is 137 Å². The van der Waals surface area contributed by atoms with Crippen LogP contribution in [-0.4, -0.2) is 26.0 Å². The molecule has 0 aliphatic carbocycles. The van der Waals surface area contributed by atoms with Gasteiger partial charge in [-0.1, -0.05) is 0 Å².